The Labute approximate surface area is 180 Å². The van der Waals surface area contributed by atoms with Gasteiger partial charge in [-0.1, -0.05) is 65.3 Å². The molecular formula is C28H46O. The van der Waals surface area contributed by atoms with Gasteiger partial charge in [0.15, 0.2) is 0 Å². The van der Waals surface area contributed by atoms with Gasteiger partial charge in [-0.2, -0.15) is 0 Å². The van der Waals surface area contributed by atoms with Crippen LogP contribution in [0.25, 0.3) is 0 Å². The van der Waals surface area contributed by atoms with E-state index in [1.807, 2.05) is 0 Å². The van der Waals surface area contributed by atoms with Crippen LogP contribution in [-0.4, -0.2) is 11.2 Å². The van der Waals surface area contributed by atoms with Gasteiger partial charge in [-0.25, -0.2) is 0 Å². The second-order valence-electron chi connectivity index (χ2n) is 12.2. The largest absolute Gasteiger partial charge is 0.393 e. The van der Waals surface area contributed by atoms with E-state index in [2.05, 4.69) is 59.8 Å². The number of allylic oxidation sites excluding steroid dienone is 3. The summed E-state index contributed by atoms with van der Waals surface area (Å²) < 4.78 is 0. The molecule has 4 aliphatic carbocycles. The molecule has 0 saturated heterocycles. The van der Waals surface area contributed by atoms with Crippen LogP contribution in [0, 0.1) is 52.3 Å². The van der Waals surface area contributed by atoms with Crippen molar-refractivity contribution in [3.8, 4) is 0 Å². The van der Waals surface area contributed by atoms with Crippen molar-refractivity contribution < 1.29 is 5.11 Å². The summed E-state index contributed by atoms with van der Waals surface area (Å²) in [7, 11) is 0. The lowest BCUT2D eigenvalue weighted by atomic mass is 9.47. The molecule has 4 aliphatic rings. The molecule has 0 aliphatic heterocycles. The first kappa shape index (κ1) is 21.7. The van der Waals surface area contributed by atoms with Crippen molar-refractivity contribution >= 4 is 0 Å². The van der Waals surface area contributed by atoms with E-state index in [-0.39, 0.29) is 6.10 Å². The Morgan fingerprint density at radius 1 is 0.966 bits per heavy atom. The third-order valence-electron chi connectivity index (χ3n) is 10.6. The number of hydrogen-bond acceptors (Lipinski definition) is 1. The first-order valence-corrected chi connectivity index (χ1v) is 12.7. The third kappa shape index (κ3) is 3.58. The van der Waals surface area contributed by atoms with Crippen molar-refractivity contribution in [3.05, 3.63) is 23.8 Å². The van der Waals surface area contributed by atoms with Crippen molar-refractivity contribution in [1.29, 1.82) is 0 Å². The highest BCUT2D eigenvalue weighted by Crippen LogP contribution is 2.67. The highest BCUT2D eigenvalue weighted by atomic mass is 16.3. The van der Waals surface area contributed by atoms with Gasteiger partial charge in [0, 0.05) is 0 Å². The summed E-state index contributed by atoms with van der Waals surface area (Å²) in [5, 5.41) is 10.2. The zero-order valence-electron chi connectivity index (χ0n) is 20.0. The standard InChI is InChI=1S/C28H46O/c1-18(2)19(3)7-8-20(4)24-11-12-25-23-10-9-21-17-22(29)13-15-27(21,5)26(23)14-16-28(24,25)6/h7-9,18-20,22-26,29H,10-17H2,1-6H3/b8-7-/t19-,20-,22+,23+,24-,25-,26+,27+,28-/m1/s1. The van der Waals surface area contributed by atoms with Crippen LogP contribution in [0.3, 0.4) is 0 Å². The molecule has 3 saturated carbocycles. The monoisotopic (exact) mass is 398 g/mol. The molecule has 0 amide bonds. The number of aliphatic hydroxyl groups is 1. The highest BCUT2D eigenvalue weighted by molar-refractivity contribution is 5.25. The second-order valence-corrected chi connectivity index (χ2v) is 12.2. The van der Waals surface area contributed by atoms with Crippen molar-refractivity contribution in [2.75, 3.05) is 0 Å². The van der Waals surface area contributed by atoms with Crippen molar-refractivity contribution in [1.82, 2.24) is 0 Å². The summed E-state index contributed by atoms with van der Waals surface area (Å²) in [5.74, 6) is 5.63. The van der Waals surface area contributed by atoms with Crippen LogP contribution < -0.4 is 0 Å². The molecule has 0 unspecified atom stereocenters. The van der Waals surface area contributed by atoms with Gasteiger partial charge < -0.3 is 5.11 Å². The molecular weight excluding hydrogens is 352 g/mol. The van der Waals surface area contributed by atoms with E-state index < -0.39 is 0 Å². The minimum atomic E-state index is -0.0866. The fraction of sp³-hybridized carbons (Fsp3) is 0.857. The zero-order valence-corrected chi connectivity index (χ0v) is 20.0. The van der Waals surface area contributed by atoms with E-state index in [9.17, 15) is 5.11 Å². The van der Waals surface area contributed by atoms with Crippen LogP contribution in [0.5, 0.6) is 0 Å². The van der Waals surface area contributed by atoms with E-state index >= 15 is 0 Å². The van der Waals surface area contributed by atoms with Gasteiger partial charge in [-0.15, -0.1) is 0 Å². The van der Waals surface area contributed by atoms with Gasteiger partial charge in [-0.05, 0) is 104 Å². The molecule has 0 aromatic carbocycles. The number of rotatable bonds is 4. The van der Waals surface area contributed by atoms with Crippen LogP contribution >= 0.6 is 0 Å². The fourth-order valence-corrected chi connectivity index (χ4v) is 8.25. The average molecular weight is 399 g/mol. The lowest BCUT2D eigenvalue weighted by molar-refractivity contribution is -0.0540. The van der Waals surface area contributed by atoms with E-state index in [1.54, 1.807) is 5.57 Å². The molecule has 0 bridgehead atoms. The molecule has 3 fully saturated rings. The maximum absolute atomic E-state index is 10.2. The summed E-state index contributed by atoms with van der Waals surface area (Å²) in [6.45, 7) is 14.7. The molecule has 164 valence electrons. The molecule has 9 atom stereocenters. The average Bonchev–Trinajstić information content (AvgIpc) is 3.03. The zero-order chi connectivity index (χ0) is 21.0. The molecule has 0 heterocycles. The molecule has 0 aromatic heterocycles. The molecule has 4 rings (SSSR count). The summed E-state index contributed by atoms with van der Waals surface area (Å²) in [6.07, 6.45) is 17.7. The quantitative estimate of drug-likeness (QED) is 0.489. The Bertz CT molecular complexity index is 659. The normalized spacial score (nSPS) is 46.8. The maximum Gasteiger partial charge on any atom is 0.0577 e. The Kier molecular flexibility index (Phi) is 5.86. The van der Waals surface area contributed by atoms with Crippen LogP contribution in [0.15, 0.2) is 23.8 Å². The van der Waals surface area contributed by atoms with Gasteiger partial charge in [-0.3, -0.25) is 0 Å². The van der Waals surface area contributed by atoms with Crippen LogP contribution in [-0.2, 0) is 0 Å². The van der Waals surface area contributed by atoms with Crippen molar-refractivity contribution in [2.45, 2.75) is 99.0 Å². The Balaban J connectivity index is 1.53. The molecule has 0 radical (unpaired) electrons. The lowest BCUT2D eigenvalue weighted by Gasteiger charge is -2.58. The third-order valence-corrected chi connectivity index (χ3v) is 10.6. The maximum atomic E-state index is 10.2. The molecule has 29 heavy (non-hydrogen) atoms. The van der Waals surface area contributed by atoms with Crippen LogP contribution in [0.4, 0.5) is 0 Å². The van der Waals surface area contributed by atoms with Crippen LogP contribution in [0.1, 0.15) is 92.9 Å². The molecule has 1 heteroatoms. The Hall–Kier alpha value is -0.560. The van der Waals surface area contributed by atoms with E-state index in [0.717, 1.165) is 42.4 Å². The topological polar surface area (TPSA) is 20.2 Å². The molecule has 0 spiro atoms. The minimum Gasteiger partial charge on any atom is -0.393 e. The van der Waals surface area contributed by atoms with Gasteiger partial charge >= 0.3 is 0 Å². The number of hydrogen-bond donors (Lipinski definition) is 1. The summed E-state index contributed by atoms with van der Waals surface area (Å²) in [5.41, 5.74) is 2.51. The molecule has 1 N–H and O–H groups in total. The van der Waals surface area contributed by atoms with E-state index in [0.29, 0.717) is 22.7 Å². The van der Waals surface area contributed by atoms with Gasteiger partial charge in [0.1, 0.15) is 0 Å². The lowest BCUT2D eigenvalue weighted by Crippen LogP contribution is -2.50. The van der Waals surface area contributed by atoms with Crippen molar-refractivity contribution in [3.63, 3.8) is 0 Å². The Morgan fingerprint density at radius 3 is 2.45 bits per heavy atom. The molecule has 1 nitrogen and oxygen atoms in total. The van der Waals surface area contributed by atoms with Crippen molar-refractivity contribution in [2.24, 2.45) is 52.3 Å². The summed E-state index contributed by atoms with van der Waals surface area (Å²) >= 11 is 0. The van der Waals surface area contributed by atoms with Gasteiger partial charge in [0.25, 0.3) is 0 Å². The molecule has 0 aromatic rings. The predicted octanol–water partition coefficient (Wildman–Crippen LogP) is 7.41. The highest BCUT2D eigenvalue weighted by Gasteiger charge is 2.58. The van der Waals surface area contributed by atoms with E-state index in [4.69, 9.17) is 0 Å². The number of aliphatic hydroxyl groups excluding tert-OH is 1. The minimum absolute atomic E-state index is 0.0866. The van der Waals surface area contributed by atoms with Crippen LogP contribution in [0.2, 0.25) is 0 Å². The first-order chi connectivity index (χ1) is 13.7. The SMILES string of the molecule is CC(C)[C@H](C)/C=C\[C@@H](C)[C@H]1CC[C@@H]2[C@@H]3CC=C4C[C@@H](O)CC[C@]4(C)[C@H]3CC[C@@]21C. The first-order valence-electron chi connectivity index (χ1n) is 12.7. The van der Waals surface area contributed by atoms with Gasteiger partial charge in [0.2, 0.25) is 0 Å². The fourth-order valence-electron chi connectivity index (χ4n) is 8.25. The summed E-state index contributed by atoms with van der Waals surface area (Å²) in [6, 6.07) is 0. The Morgan fingerprint density at radius 2 is 1.72 bits per heavy atom. The second kappa shape index (κ2) is 7.85. The predicted molar refractivity (Wildman–Crippen MR) is 124 cm³/mol. The summed E-state index contributed by atoms with van der Waals surface area (Å²) in [4.78, 5) is 0. The smallest absolute Gasteiger partial charge is 0.0577 e. The van der Waals surface area contributed by atoms with E-state index in [1.165, 1.54) is 38.5 Å². The number of fused-ring (bicyclic) bond motifs is 5. The van der Waals surface area contributed by atoms with Gasteiger partial charge in [0.05, 0.1) is 6.10 Å².